The molecule has 0 saturated heterocycles. The number of anilines is 1. The molecule has 1 saturated carbocycles. The second-order valence-corrected chi connectivity index (χ2v) is 4.16. The fourth-order valence-electron chi connectivity index (χ4n) is 1.77. The second-order valence-electron chi connectivity index (χ2n) is 4.16. The number of nitrogens with two attached hydrogens (primary N) is 1. The zero-order valence-corrected chi connectivity index (χ0v) is 9.94. The van der Waals surface area contributed by atoms with Crippen LogP contribution in [0.3, 0.4) is 0 Å². The number of hydrogen-bond acceptors (Lipinski definition) is 4. The average molecular weight is 219 g/mol. The highest BCUT2D eigenvalue weighted by Gasteiger charge is 2.28. The third-order valence-electron chi connectivity index (χ3n) is 2.83. The molecule has 5 nitrogen and oxygen atoms in total. The van der Waals surface area contributed by atoms with E-state index in [0.717, 1.165) is 17.2 Å². The van der Waals surface area contributed by atoms with E-state index in [1.807, 2.05) is 13.8 Å². The van der Waals surface area contributed by atoms with Crippen LogP contribution in [-0.2, 0) is 0 Å². The van der Waals surface area contributed by atoms with Crippen molar-refractivity contribution in [3.8, 4) is 0 Å². The van der Waals surface area contributed by atoms with Crippen molar-refractivity contribution in [1.82, 2.24) is 9.97 Å². The Hall–Kier alpha value is -1.65. The van der Waals surface area contributed by atoms with Crippen molar-refractivity contribution in [3.63, 3.8) is 0 Å². The van der Waals surface area contributed by atoms with Crippen LogP contribution in [0.5, 0.6) is 0 Å². The molecule has 1 aromatic rings. The first-order valence-corrected chi connectivity index (χ1v) is 5.46. The van der Waals surface area contributed by atoms with Gasteiger partial charge in [0.2, 0.25) is 0 Å². The number of aryl methyl sites for hydroxylation is 1. The maximum Gasteiger partial charge on any atom is 0.162 e. The zero-order chi connectivity index (χ0) is 11.7. The monoisotopic (exact) mass is 219 g/mol. The van der Waals surface area contributed by atoms with Crippen molar-refractivity contribution in [1.29, 1.82) is 0 Å². The molecule has 1 aromatic heterocycles. The van der Waals surface area contributed by atoms with E-state index < -0.39 is 0 Å². The van der Waals surface area contributed by atoms with E-state index in [1.165, 1.54) is 19.2 Å². The van der Waals surface area contributed by atoms with Crippen molar-refractivity contribution < 1.29 is 0 Å². The minimum Gasteiger partial charge on any atom is -0.390 e. The lowest BCUT2D eigenvalue weighted by Gasteiger charge is -2.20. The number of nitrogens with zero attached hydrogens (tertiary/aromatic N) is 4. The molecule has 0 spiro atoms. The van der Waals surface area contributed by atoms with Crippen LogP contribution in [0.2, 0.25) is 0 Å². The van der Waals surface area contributed by atoms with Gasteiger partial charge in [-0.2, -0.15) is 0 Å². The molecule has 1 aliphatic carbocycles. The fourth-order valence-corrected chi connectivity index (χ4v) is 1.77. The van der Waals surface area contributed by atoms with Gasteiger partial charge in [0.1, 0.15) is 11.6 Å². The molecule has 86 valence electrons. The van der Waals surface area contributed by atoms with E-state index in [4.69, 9.17) is 5.73 Å². The standard InChI is InChI=1S/C11H17N5/c1-7-10(13-6-12)14-8(2)15-11(7)16(3)9-4-5-9/h6,9H,4-5H2,1-3H3,(H2,12,13,14,15). The highest BCUT2D eigenvalue weighted by Crippen LogP contribution is 2.33. The Morgan fingerprint density at radius 3 is 2.62 bits per heavy atom. The van der Waals surface area contributed by atoms with Gasteiger partial charge in [-0.15, -0.1) is 0 Å². The van der Waals surface area contributed by atoms with E-state index in [2.05, 4.69) is 26.9 Å². The van der Waals surface area contributed by atoms with Crippen LogP contribution in [-0.4, -0.2) is 29.4 Å². The van der Waals surface area contributed by atoms with Gasteiger partial charge in [0.15, 0.2) is 5.82 Å². The molecular weight excluding hydrogens is 202 g/mol. The topological polar surface area (TPSA) is 67.4 Å². The summed E-state index contributed by atoms with van der Waals surface area (Å²) in [5, 5.41) is 0. The number of hydrogen-bond donors (Lipinski definition) is 1. The quantitative estimate of drug-likeness (QED) is 0.615. The Morgan fingerprint density at radius 1 is 1.38 bits per heavy atom. The van der Waals surface area contributed by atoms with Crippen molar-refractivity contribution in [3.05, 3.63) is 11.4 Å². The molecule has 1 heterocycles. The maximum absolute atomic E-state index is 5.31. The Kier molecular flexibility index (Phi) is 2.77. The molecule has 5 heteroatoms. The van der Waals surface area contributed by atoms with Crippen LogP contribution >= 0.6 is 0 Å². The summed E-state index contributed by atoms with van der Waals surface area (Å²) < 4.78 is 0. The third-order valence-corrected chi connectivity index (χ3v) is 2.83. The molecule has 16 heavy (non-hydrogen) atoms. The maximum atomic E-state index is 5.31. The Balaban J connectivity index is 2.43. The summed E-state index contributed by atoms with van der Waals surface area (Å²) >= 11 is 0. The lowest BCUT2D eigenvalue weighted by molar-refractivity contribution is 0.865. The van der Waals surface area contributed by atoms with Gasteiger partial charge in [-0.3, -0.25) is 0 Å². The normalized spacial score (nSPS) is 15.7. The van der Waals surface area contributed by atoms with Crippen LogP contribution in [0.1, 0.15) is 24.2 Å². The van der Waals surface area contributed by atoms with Gasteiger partial charge < -0.3 is 10.6 Å². The molecule has 0 unspecified atom stereocenters. The Morgan fingerprint density at radius 2 is 2.06 bits per heavy atom. The largest absolute Gasteiger partial charge is 0.390 e. The summed E-state index contributed by atoms with van der Waals surface area (Å²) in [6.45, 7) is 3.86. The van der Waals surface area contributed by atoms with Crippen LogP contribution in [0.4, 0.5) is 11.6 Å². The molecule has 0 atom stereocenters. The predicted molar refractivity (Wildman–Crippen MR) is 65.3 cm³/mol. The lowest BCUT2D eigenvalue weighted by atomic mass is 10.3. The van der Waals surface area contributed by atoms with Crippen LogP contribution < -0.4 is 10.6 Å². The van der Waals surface area contributed by atoms with Gasteiger partial charge in [0.25, 0.3) is 0 Å². The van der Waals surface area contributed by atoms with Gasteiger partial charge in [-0.05, 0) is 26.7 Å². The molecule has 1 fully saturated rings. The first-order chi connectivity index (χ1) is 7.63. The molecular formula is C11H17N5. The van der Waals surface area contributed by atoms with Crippen LogP contribution in [0, 0.1) is 13.8 Å². The van der Waals surface area contributed by atoms with Gasteiger partial charge in [0, 0.05) is 18.7 Å². The summed E-state index contributed by atoms with van der Waals surface area (Å²) in [7, 11) is 2.07. The molecule has 2 rings (SSSR count). The van der Waals surface area contributed by atoms with Gasteiger partial charge in [-0.25, -0.2) is 15.0 Å². The minimum absolute atomic E-state index is 0.628. The first-order valence-electron chi connectivity index (χ1n) is 5.46. The van der Waals surface area contributed by atoms with Gasteiger partial charge in [-0.1, -0.05) is 0 Å². The first kappa shape index (κ1) is 10.9. The summed E-state index contributed by atoms with van der Waals surface area (Å²) in [6, 6.07) is 0.628. The smallest absolute Gasteiger partial charge is 0.162 e. The molecule has 2 N–H and O–H groups in total. The van der Waals surface area contributed by atoms with Crippen molar-refractivity contribution in [2.24, 2.45) is 10.7 Å². The van der Waals surface area contributed by atoms with E-state index in [-0.39, 0.29) is 0 Å². The number of aromatic nitrogens is 2. The van der Waals surface area contributed by atoms with E-state index in [0.29, 0.717) is 11.9 Å². The van der Waals surface area contributed by atoms with Crippen LogP contribution in [0.15, 0.2) is 4.99 Å². The number of aliphatic imine (C=N–C) groups is 1. The lowest BCUT2D eigenvalue weighted by Crippen LogP contribution is -2.22. The van der Waals surface area contributed by atoms with Crippen molar-refractivity contribution in [2.45, 2.75) is 32.7 Å². The number of rotatable bonds is 3. The van der Waals surface area contributed by atoms with E-state index >= 15 is 0 Å². The second kappa shape index (κ2) is 4.08. The SMILES string of the molecule is Cc1nc(N=CN)c(C)c(N(C)C2CC2)n1. The average Bonchev–Trinajstić information content (AvgIpc) is 3.06. The Bertz CT molecular complexity index is 423. The highest BCUT2D eigenvalue weighted by atomic mass is 15.2. The summed E-state index contributed by atoms with van der Waals surface area (Å²) in [5.41, 5.74) is 6.30. The zero-order valence-electron chi connectivity index (χ0n) is 9.94. The van der Waals surface area contributed by atoms with Gasteiger partial charge >= 0.3 is 0 Å². The van der Waals surface area contributed by atoms with Crippen molar-refractivity contribution >= 4 is 18.0 Å². The Labute approximate surface area is 95.4 Å². The highest BCUT2D eigenvalue weighted by molar-refractivity contribution is 5.63. The third kappa shape index (κ3) is 1.98. The molecule has 1 aliphatic rings. The predicted octanol–water partition coefficient (Wildman–Crippen LogP) is 1.31. The molecule has 0 bridgehead atoms. The molecule has 0 amide bonds. The summed E-state index contributed by atoms with van der Waals surface area (Å²) in [4.78, 5) is 15.0. The molecule has 0 aromatic carbocycles. The van der Waals surface area contributed by atoms with E-state index in [1.54, 1.807) is 0 Å². The van der Waals surface area contributed by atoms with E-state index in [9.17, 15) is 0 Å². The molecule has 0 aliphatic heterocycles. The summed E-state index contributed by atoms with van der Waals surface area (Å²) in [5.74, 6) is 2.36. The summed E-state index contributed by atoms with van der Waals surface area (Å²) in [6.07, 6.45) is 3.76. The van der Waals surface area contributed by atoms with Crippen molar-refractivity contribution in [2.75, 3.05) is 11.9 Å². The van der Waals surface area contributed by atoms with Crippen LogP contribution in [0.25, 0.3) is 0 Å². The minimum atomic E-state index is 0.628. The van der Waals surface area contributed by atoms with Gasteiger partial charge in [0.05, 0.1) is 6.34 Å². The fraction of sp³-hybridized carbons (Fsp3) is 0.545. The molecule has 0 radical (unpaired) electrons.